The van der Waals surface area contributed by atoms with Crippen LogP contribution in [0, 0.1) is 0 Å². The normalized spacial score (nSPS) is 13.2. The number of aromatic nitrogens is 2. The SMILES string of the molecule is COc1ccccc1OCC(O)COC(N)=O.Clc1ccc2nsnc2c1NC1=NCCN1. The summed E-state index contributed by atoms with van der Waals surface area (Å²) in [6, 6.07) is 10.7. The first kappa shape index (κ1) is 24.3. The molecule has 2 aromatic carbocycles. The summed E-state index contributed by atoms with van der Waals surface area (Å²) in [5.41, 5.74) is 7.15. The monoisotopic (exact) mass is 494 g/mol. The van der Waals surface area contributed by atoms with Gasteiger partial charge < -0.3 is 35.7 Å². The van der Waals surface area contributed by atoms with Crippen molar-refractivity contribution in [3.8, 4) is 11.5 Å². The molecule has 5 N–H and O–H groups in total. The van der Waals surface area contributed by atoms with E-state index in [1.165, 1.54) is 18.8 Å². The molecule has 1 amide bonds. The number of rotatable bonds is 7. The van der Waals surface area contributed by atoms with Crippen LogP contribution >= 0.6 is 23.3 Å². The van der Waals surface area contributed by atoms with E-state index < -0.39 is 12.2 Å². The van der Waals surface area contributed by atoms with Gasteiger partial charge in [0, 0.05) is 6.54 Å². The Bertz CT molecular complexity index is 1110. The minimum atomic E-state index is -0.938. The molecular weight excluding hydrogens is 472 g/mol. The lowest BCUT2D eigenvalue weighted by atomic mass is 10.2. The number of benzene rings is 2. The van der Waals surface area contributed by atoms with Crippen LogP contribution in [-0.4, -0.2) is 65.4 Å². The van der Waals surface area contributed by atoms with Crippen molar-refractivity contribution in [3.63, 3.8) is 0 Å². The summed E-state index contributed by atoms with van der Waals surface area (Å²) >= 11 is 7.30. The first-order chi connectivity index (χ1) is 16.0. The van der Waals surface area contributed by atoms with Crippen LogP contribution in [0.15, 0.2) is 41.4 Å². The number of para-hydroxylation sites is 2. The van der Waals surface area contributed by atoms with Crippen molar-refractivity contribution in [1.29, 1.82) is 0 Å². The molecule has 1 aromatic heterocycles. The number of anilines is 1. The number of nitrogens with one attached hydrogen (secondary N) is 2. The molecule has 33 heavy (non-hydrogen) atoms. The highest BCUT2D eigenvalue weighted by Gasteiger charge is 2.13. The van der Waals surface area contributed by atoms with Crippen LogP contribution in [-0.2, 0) is 4.74 Å². The van der Waals surface area contributed by atoms with Gasteiger partial charge in [-0.25, -0.2) is 4.79 Å². The van der Waals surface area contributed by atoms with Crippen molar-refractivity contribution in [2.45, 2.75) is 6.10 Å². The summed E-state index contributed by atoms with van der Waals surface area (Å²) < 4.78 is 23.2. The van der Waals surface area contributed by atoms with Crippen LogP contribution in [0.4, 0.5) is 10.5 Å². The summed E-state index contributed by atoms with van der Waals surface area (Å²) in [5.74, 6) is 1.81. The van der Waals surface area contributed by atoms with E-state index in [0.717, 1.165) is 35.8 Å². The standard InChI is InChI=1S/C11H15NO5.C9H8ClN5S/c1-15-9-4-2-3-5-10(9)16-6-8(13)7-17-11(12)14;10-5-1-2-6-8(15-16-14-6)7(5)13-9-11-3-4-12-9/h2-5,8,13H,6-7H2,1H3,(H2,12,14);1-2H,3-4H2,(H2,11,12,13). The molecule has 0 saturated carbocycles. The van der Waals surface area contributed by atoms with Crippen LogP contribution in [0.1, 0.15) is 0 Å². The highest BCUT2D eigenvalue weighted by Crippen LogP contribution is 2.30. The maximum Gasteiger partial charge on any atom is 0.404 e. The summed E-state index contributed by atoms with van der Waals surface area (Å²) in [4.78, 5) is 14.6. The smallest absolute Gasteiger partial charge is 0.404 e. The van der Waals surface area contributed by atoms with Crippen LogP contribution < -0.4 is 25.8 Å². The summed E-state index contributed by atoms with van der Waals surface area (Å²) in [6.07, 6.45) is -1.87. The molecule has 1 aliphatic rings. The molecule has 0 fully saturated rings. The maximum absolute atomic E-state index is 10.3. The lowest BCUT2D eigenvalue weighted by molar-refractivity contribution is 0.0413. The van der Waals surface area contributed by atoms with E-state index in [1.54, 1.807) is 24.3 Å². The molecular formula is C20H23ClN6O5S. The van der Waals surface area contributed by atoms with Gasteiger partial charge in [0.2, 0.25) is 0 Å². The summed E-state index contributed by atoms with van der Waals surface area (Å²) in [7, 11) is 1.52. The summed E-state index contributed by atoms with van der Waals surface area (Å²) in [6.45, 7) is 1.41. The van der Waals surface area contributed by atoms with Gasteiger partial charge in [0.25, 0.3) is 0 Å². The number of guanidine groups is 1. The predicted molar refractivity (Wildman–Crippen MR) is 126 cm³/mol. The molecule has 0 spiro atoms. The van der Waals surface area contributed by atoms with Gasteiger partial charge in [0.1, 0.15) is 30.4 Å². The third-order valence-corrected chi connectivity index (χ3v) is 5.07. The van der Waals surface area contributed by atoms with Crippen LogP contribution in [0.3, 0.4) is 0 Å². The Labute approximate surface area is 198 Å². The topological polar surface area (TPSA) is 153 Å². The van der Waals surface area contributed by atoms with Crippen molar-refractivity contribution in [2.75, 3.05) is 38.7 Å². The van der Waals surface area contributed by atoms with Crippen LogP contribution in [0.25, 0.3) is 11.0 Å². The molecule has 1 unspecified atom stereocenters. The largest absolute Gasteiger partial charge is 0.493 e. The Morgan fingerprint density at radius 1 is 1.27 bits per heavy atom. The second kappa shape index (κ2) is 12.0. The number of aliphatic imine (C=N–C) groups is 1. The lowest BCUT2D eigenvalue weighted by Crippen LogP contribution is -2.27. The molecule has 0 radical (unpaired) electrons. The number of aliphatic hydroxyl groups is 1. The second-order valence-electron chi connectivity index (χ2n) is 6.58. The number of methoxy groups -OCH3 is 1. The molecule has 13 heteroatoms. The number of halogens is 1. The van der Waals surface area contributed by atoms with Crippen molar-refractivity contribution < 1.29 is 24.1 Å². The first-order valence-electron chi connectivity index (χ1n) is 9.80. The number of nitrogens with two attached hydrogens (primary N) is 1. The molecule has 1 aliphatic heterocycles. The fraction of sp³-hybridized carbons (Fsp3) is 0.300. The molecule has 0 aliphatic carbocycles. The number of hydrogen-bond acceptors (Lipinski definition) is 11. The van der Waals surface area contributed by atoms with Gasteiger partial charge in [0.05, 0.1) is 36.1 Å². The van der Waals surface area contributed by atoms with E-state index in [-0.39, 0.29) is 13.2 Å². The number of primary amides is 1. The highest BCUT2D eigenvalue weighted by molar-refractivity contribution is 7.00. The van der Waals surface area contributed by atoms with E-state index in [0.29, 0.717) is 16.5 Å². The van der Waals surface area contributed by atoms with Gasteiger partial charge in [-0.2, -0.15) is 8.75 Å². The number of aliphatic hydroxyl groups excluding tert-OH is 1. The minimum absolute atomic E-state index is 0.0202. The van der Waals surface area contributed by atoms with E-state index in [2.05, 4.69) is 29.1 Å². The van der Waals surface area contributed by atoms with Gasteiger partial charge in [-0.3, -0.25) is 4.99 Å². The zero-order chi connectivity index (χ0) is 23.6. The second-order valence-corrected chi connectivity index (χ2v) is 7.52. The van der Waals surface area contributed by atoms with Crippen LogP contribution in [0.5, 0.6) is 11.5 Å². The van der Waals surface area contributed by atoms with Gasteiger partial charge in [-0.15, -0.1) is 0 Å². The molecule has 2 heterocycles. The molecule has 0 bridgehead atoms. The Hall–Kier alpha value is -3.35. The fourth-order valence-electron chi connectivity index (χ4n) is 2.70. The third-order valence-electron chi connectivity index (χ3n) is 4.21. The van der Waals surface area contributed by atoms with Gasteiger partial charge in [-0.05, 0) is 24.3 Å². The number of amides is 1. The average Bonchev–Trinajstić information content (AvgIpc) is 3.51. The number of carbonyl (C=O) groups excluding carboxylic acids is 1. The van der Waals surface area contributed by atoms with Gasteiger partial charge in [0.15, 0.2) is 17.5 Å². The molecule has 1 atom stereocenters. The van der Waals surface area contributed by atoms with E-state index in [1.807, 2.05) is 12.1 Å². The van der Waals surface area contributed by atoms with Gasteiger partial charge >= 0.3 is 6.09 Å². The first-order valence-corrected chi connectivity index (χ1v) is 10.9. The molecule has 176 valence electrons. The molecule has 11 nitrogen and oxygen atoms in total. The summed E-state index contributed by atoms with van der Waals surface area (Å²) in [5, 5.41) is 16.3. The van der Waals surface area contributed by atoms with E-state index in [4.69, 9.17) is 26.8 Å². The number of fused-ring (bicyclic) bond motifs is 1. The Morgan fingerprint density at radius 3 is 2.76 bits per heavy atom. The Balaban J connectivity index is 0.000000186. The van der Waals surface area contributed by atoms with Crippen molar-refractivity contribution in [2.24, 2.45) is 10.7 Å². The number of ether oxygens (including phenoxy) is 3. The molecule has 4 rings (SSSR count). The van der Waals surface area contributed by atoms with Crippen molar-refractivity contribution in [1.82, 2.24) is 14.1 Å². The van der Waals surface area contributed by atoms with Crippen LogP contribution in [0.2, 0.25) is 5.02 Å². The Morgan fingerprint density at radius 2 is 2.06 bits per heavy atom. The number of hydrogen-bond donors (Lipinski definition) is 4. The quantitative estimate of drug-likeness (QED) is 0.387. The average molecular weight is 495 g/mol. The third kappa shape index (κ3) is 7.07. The number of carbonyl (C=O) groups is 1. The molecule has 0 saturated heterocycles. The highest BCUT2D eigenvalue weighted by atomic mass is 35.5. The lowest BCUT2D eigenvalue weighted by Gasteiger charge is -2.13. The molecule has 3 aromatic rings. The minimum Gasteiger partial charge on any atom is -0.493 e. The fourth-order valence-corrected chi connectivity index (χ4v) is 3.44. The zero-order valence-electron chi connectivity index (χ0n) is 17.7. The van der Waals surface area contributed by atoms with Gasteiger partial charge in [-0.1, -0.05) is 23.7 Å². The Kier molecular flexibility index (Phi) is 8.87. The zero-order valence-corrected chi connectivity index (χ0v) is 19.2. The number of nitrogens with zero attached hydrogens (tertiary/aromatic N) is 3. The van der Waals surface area contributed by atoms with E-state index in [9.17, 15) is 9.90 Å². The maximum atomic E-state index is 10.3. The van der Waals surface area contributed by atoms with Crippen molar-refractivity contribution in [3.05, 3.63) is 41.4 Å². The van der Waals surface area contributed by atoms with Crippen molar-refractivity contribution >= 4 is 52.1 Å². The predicted octanol–water partition coefficient (Wildman–Crippen LogP) is 2.25. The van der Waals surface area contributed by atoms with E-state index >= 15 is 0 Å².